The number of amides is 3. The minimum absolute atomic E-state index is 0.0335. The highest BCUT2D eigenvalue weighted by molar-refractivity contribution is 7.47. The molecule has 0 aromatic heterocycles. The van der Waals surface area contributed by atoms with Crippen LogP contribution < -0.4 is 10.1 Å². The summed E-state index contributed by atoms with van der Waals surface area (Å²) in [5.41, 5.74) is 2.52. The van der Waals surface area contributed by atoms with E-state index in [9.17, 15) is 9.59 Å². The molecule has 0 aliphatic heterocycles. The summed E-state index contributed by atoms with van der Waals surface area (Å²) in [6.45, 7) is 0.978. The summed E-state index contributed by atoms with van der Waals surface area (Å²) >= 11 is 4.77. The first-order chi connectivity index (χ1) is 17.6. The number of nitrogens with one attached hydrogen (secondary N) is 1. The maximum atomic E-state index is 13.1. The topological polar surface area (TPSA) is 71.0 Å². The zero-order valence-electron chi connectivity index (χ0n) is 20.4. The number of carbonyl (C=O) groups excluding carboxylic acids is 2. The van der Waals surface area contributed by atoms with Crippen LogP contribution in [0.1, 0.15) is 47.2 Å². The lowest BCUT2D eigenvalue weighted by Gasteiger charge is -2.43. The number of hydrogen-bond donors (Lipinski definition) is 1. The fourth-order valence-corrected chi connectivity index (χ4v) is 5.29. The predicted octanol–water partition coefficient (Wildman–Crippen LogP) is 5.66. The van der Waals surface area contributed by atoms with Gasteiger partial charge in [-0.3, -0.25) is 4.79 Å². The van der Waals surface area contributed by atoms with Crippen molar-refractivity contribution in [2.24, 2.45) is 4.36 Å². The van der Waals surface area contributed by atoms with Gasteiger partial charge in [0.2, 0.25) is 0 Å². The summed E-state index contributed by atoms with van der Waals surface area (Å²) in [5, 5.41) is 3.17. The maximum Gasteiger partial charge on any atom is 0.355 e. The first-order valence-electron chi connectivity index (χ1n) is 12.2. The highest BCUT2D eigenvalue weighted by atomic mass is 32.1. The van der Waals surface area contributed by atoms with E-state index in [2.05, 4.69) is 21.8 Å². The molecule has 6 nitrogen and oxygen atoms in total. The molecule has 1 N–H and O–H groups in total. The maximum absolute atomic E-state index is 13.1. The number of hydrogen-bond acceptors (Lipinski definition) is 4. The van der Waals surface area contributed by atoms with Crippen molar-refractivity contribution >= 4 is 24.4 Å². The van der Waals surface area contributed by atoms with Gasteiger partial charge in [-0.25, -0.2) is 4.79 Å². The highest BCUT2D eigenvalue weighted by Crippen LogP contribution is 2.41. The molecule has 3 amide bonds. The normalized spacial score (nSPS) is 19.2. The van der Waals surface area contributed by atoms with Gasteiger partial charge in [0.25, 0.3) is 5.91 Å². The average Bonchev–Trinajstić information content (AvgIpc) is 2.95. The second-order valence-electron chi connectivity index (χ2n) is 9.25. The van der Waals surface area contributed by atoms with Gasteiger partial charge in [0.1, 0.15) is 5.75 Å². The number of rotatable bonds is 8. The zero-order chi connectivity index (χ0) is 25.4. The number of urea groups is 1. The van der Waals surface area contributed by atoms with Gasteiger partial charge in [-0.2, -0.15) is 0 Å². The lowest BCUT2D eigenvalue weighted by Crippen LogP contribution is -2.48. The van der Waals surface area contributed by atoms with Gasteiger partial charge in [0.05, 0.1) is 12.7 Å². The molecule has 0 unspecified atom stereocenters. The largest absolute Gasteiger partial charge is 0.496 e. The van der Waals surface area contributed by atoms with Crippen LogP contribution in [0.25, 0.3) is 0 Å². The molecule has 0 spiro atoms. The van der Waals surface area contributed by atoms with Crippen molar-refractivity contribution in [3.63, 3.8) is 0 Å². The lowest BCUT2D eigenvalue weighted by atomic mass is 9.67. The summed E-state index contributed by atoms with van der Waals surface area (Å²) in [6, 6.07) is 27.1. The van der Waals surface area contributed by atoms with Crippen molar-refractivity contribution in [2.45, 2.75) is 43.7 Å². The number of nitrogens with zero attached hydrogens (tertiary/aromatic N) is 2. The van der Waals surface area contributed by atoms with Gasteiger partial charge in [0.15, 0.2) is 0 Å². The van der Waals surface area contributed by atoms with Crippen molar-refractivity contribution < 1.29 is 14.3 Å². The summed E-state index contributed by atoms with van der Waals surface area (Å²) in [6.07, 6.45) is 3.24. The Kier molecular flexibility index (Phi) is 8.44. The molecule has 7 heteroatoms. The summed E-state index contributed by atoms with van der Waals surface area (Å²) in [4.78, 5) is 27.5. The number of benzene rings is 3. The third-order valence-electron chi connectivity index (χ3n) is 7.20. The second-order valence-corrected chi connectivity index (χ2v) is 9.43. The van der Waals surface area contributed by atoms with Crippen molar-refractivity contribution in [3.8, 4) is 5.75 Å². The van der Waals surface area contributed by atoms with Crippen LogP contribution in [-0.2, 0) is 24.4 Å². The fraction of sp³-hybridized carbons (Fsp3) is 0.310. The molecule has 1 aliphatic carbocycles. The van der Waals surface area contributed by atoms with E-state index in [1.807, 2.05) is 60.7 Å². The lowest BCUT2D eigenvalue weighted by molar-refractivity contribution is 0.0920. The van der Waals surface area contributed by atoms with Gasteiger partial charge in [-0.05, 0) is 48.9 Å². The molecule has 36 heavy (non-hydrogen) atoms. The number of para-hydroxylation sites is 1. The minimum atomic E-state index is -0.365. The molecule has 0 bridgehead atoms. The zero-order valence-corrected chi connectivity index (χ0v) is 21.2. The van der Waals surface area contributed by atoms with E-state index >= 15 is 0 Å². The van der Waals surface area contributed by atoms with Crippen molar-refractivity contribution in [3.05, 3.63) is 102 Å². The third-order valence-corrected chi connectivity index (χ3v) is 7.35. The van der Waals surface area contributed by atoms with Crippen LogP contribution in [0.15, 0.2) is 89.3 Å². The summed E-state index contributed by atoms with van der Waals surface area (Å²) < 4.78 is 8.94. The quantitative estimate of drug-likeness (QED) is 0.432. The SMILES string of the molecule is COc1ccccc1C(=O)NCC1(c2ccccc2)CCC(N(Cc2ccccc2)C(=O)N=S)CC1. The van der Waals surface area contributed by atoms with E-state index in [1.54, 1.807) is 24.1 Å². The van der Waals surface area contributed by atoms with Gasteiger partial charge in [-0.1, -0.05) is 72.8 Å². The van der Waals surface area contributed by atoms with Crippen LogP contribution in [0.3, 0.4) is 0 Å². The van der Waals surface area contributed by atoms with E-state index in [1.165, 1.54) is 5.56 Å². The predicted molar refractivity (Wildman–Crippen MR) is 143 cm³/mol. The average molecular weight is 502 g/mol. The van der Waals surface area contributed by atoms with Crippen LogP contribution >= 0.6 is 0 Å². The molecule has 186 valence electrons. The van der Waals surface area contributed by atoms with Gasteiger partial charge in [0, 0.05) is 37.0 Å². The molecule has 0 atom stereocenters. The Hall–Kier alpha value is -3.58. The molecule has 0 radical (unpaired) electrons. The Labute approximate surface area is 217 Å². The Morgan fingerprint density at radius 1 is 0.972 bits per heavy atom. The Morgan fingerprint density at radius 2 is 1.58 bits per heavy atom. The first kappa shape index (κ1) is 25.5. The molecule has 4 rings (SSSR count). The first-order valence-corrected chi connectivity index (χ1v) is 12.6. The van der Waals surface area contributed by atoms with Gasteiger partial charge < -0.3 is 15.0 Å². The van der Waals surface area contributed by atoms with E-state index < -0.39 is 0 Å². The fourth-order valence-electron chi connectivity index (χ4n) is 5.19. The molecule has 3 aromatic rings. The van der Waals surface area contributed by atoms with E-state index in [0.29, 0.717) is 24.4 Å². The molecular formula is C29H31N3O3S. The van der Waals surface area contributed by atoms with Gasteiger partial charge in [-0.15, -0.1) is 4.36 Å². The Balaban J connectivity index is 1.52. The molecule has 1 aliphatic rings. The third kappa shape index (κ3) is 5.79. The van der Waals surface area contributed by atoms with Crippen molar-refractivity contribution in [1.29, 1.82) is 0 Å². The summed E-state index contributed by atoms with van der Waals surface area (Å²) in [7, 11) is 1.57. The van der Waals surface area contributed by atoms with Crippen molar-refractivity contribution in [2.75, 3.05) is 13.7 Å². The molecule has 0 heterocycles. The van der Waals surface area contributed by atoms with Crippen LogP contribution in [0.2, 0.25) is 0 Å². The molecule has 1 fully saturated rings. The van der Waals surface area contributed by atoms with Crippen LogP contribution in [0.5, 0.6) is 5.75 Å². The highest BCUT2D eigenvalue weighted by Gasteiger charge is 2.39. The van der Waals surface area contributed by atoms with E-state index in [0.717, 1.165) is 31.2 Å². The number of methoxy groups -OCH3 is 1. The standard InChI is InChI=1S/C29H31N3O3S/c1-35-26-15-9-8-14-25(26)27(33)30-21-29(23-12-6-3-7-13-23)18-16-24(17-19-29)32(28(34)31-36)20-22-10-4-2-5-11-22/h2-15,24H,16-21H2,1H3,(H,30,33). The smallest absolute Gasteiger partial charge is 0.355 e. The molecule has 3 aromatic carbocycles. The van der Waals surface area contributed by atoms with Crippen LogP contribution in [0, 0.1) is 0 Å². The Morgan fingerprint density at radius 3 is 2.22 bits per heavy atom. The monoisotopic (exact) mass is 501 g/mol. The summed E-state index contributed by atoms with van der Waals surface area (Å²) in [5.74, 6) is 0.394. The number of ether oxygens (including phenoxy) is 1. The van der Waals surface area contributed by atoms with Crippen LogP contribution in [0.4, 0.5) is 4.79 Å². The molecule has 1 saturated carbocycles. The minimum Gasteiger partial charge on any atom is -0.496 e. The molecular weight excluding hydrogens is 470 g/mol. The van der Waals surface area contributed by atoms with Crippen LogP contribution in [-0.4, -0.2) is 36.5 Å². The van der Waals surface area contributed by atoms with E-state index in [-0.39, 0.29) is 23.4 Å². The number of carbonyl (C=O) groups is 2. The van der Waals surface area contributed by atoms with Gasteiger partial charge >= 0.3 is 6.03 Å². The second kappa shape index (κ2) is 11.9. The van der Waals surface area contributed by atoms with Crippen molar-refractivity contribution in [1.82, 2.24) is 10.2 Å². The Bertz CT molecular complexity index is 1180. The molecule has 0 saturated heterocycles. The van der Waals surface area contributed by atoms with E-state index in [4.69, 9.17) is 17.2 Å².